The minimum atomic E-state index is 0.166. The third kappa shape index (κ3) is 3.58. The molecule has 0 bridgehead atoms. The number of fused-ring (bicyclic) bond motifs is 1. The van der Waals surface area contributed by atoms with Crippen molar-refractivity contribution in [1.29, 1.82) is 0 Å². The molecule has 3 rings (SSSR count). The first kappa shape index (κ1) is 16.1. The van der Waals surface area contributed by atoms with Crippen LogP contribution < -0.4 is 11.1 Å². The highest BCUT2D eigenvalue weighted by atomic mass is 32.1. The summed E-state index contributed by atoms with van der Waals surface area (Å²) < 4.78 is 0. The Morgan fingerprint density at radius 3 is 2.91 bits per heavy atom. The molecule has 5 heteroatoms. The standard InChI is InChI=1S/C18H21N3OS/c19-18(14-3-1-2-4-17(14)23)21-13-6-5-12-7-9-20-16(8-10-22)15(12)11-13/h1-6,11,16,20,22-23H,7-10H2,(H2,19,21). The molecule has 0 aliphatic carbocycles. The average Bonchev–Trinajstić information content (AvgIpc) is 2.56. The minimum absolute atomic E-state index is 0.166. The second kappa shape index (κ2) is 7.17. The fourth-order valence-corrected chi connectivity index (χ4v) is 3.25. The second-order valence-electron chi connectivity index (χ2n) is 5.67. The van der Waals surface area contributed by atoms with Crippen LogP contribution in [0.25, 0.3) is 0 Å². The maximum absolute atomic E-state index is 9.24. The van der Waals surface area contributed by atoms with Crippen LogP contribution in [0.15, 0.2) is 52.4 Å². The van der Waals surface area contributed by atoms with Gasteiger partial charge in [-0.3, -0.25) is 0 Å². The van der Waals surface area contributed by atoms with Crippen molar-refractivity contribution in [3.8, 4) is 0 Å². The number of aliphatic imine (C=N–C) groups is 1. The van der Waals surface area contributed by atoms with Crippen LogP contribution in [-0.4, -0.2) is 24.1 Å². The van der Waals surface area contributed by atoms with E-state index >= 15 is 0 Å². The molecule has 1 atom stereocenters. The molecular weight excluding hydrogens is 306 g/mol. The Morgan fingerprint density at radius 1 is 1.30 bits per heavy atom. The number of aliphatic hydroxyl groups excluding tert-OH is 1. The summed E-state index contributed by atoms with van der Waals surface area (Å²) in [5.74, 6) is 0.457. The number of thiol groups is 1. The molecule has 4 nitrogen and oxygen atoms in total. The predicted octanol–water partition coefficient (Wildman–Crippen LogP) is 2.58. The molecule has 1 aliphatic rings. The van der Waals surface area contributed by atoms with Gasteiger partial charge in [-0.2, -0.15) is 0 Å². The van der Waals surface area contributed by atoms with Gasteiger partial charge in [-0.15, -0.1) is 12.6 Å². The molecule has 4 N–H and O–H groups in total. The molecule has 1 unspecified atom stereocenters. The zero-order chi connectivity index (χ0) is 16.2. The van der Waals surface area contributed by atoms with Gasteiger partial charge in [0.15, 0.2) is 0 Å². The first-order valence-corrected chi connectivity index (χ1v) is 8.23. The van der Waals surface area contributed by atoms with Crippen molar-refractivity contribution in [2.75, 3.05) is 13.2 Å². The average molecular weight is 327 g/mol. The fraction of sp³-hybridized carbons (Fsp3) is 0.278. The number of hydrogen-bond donors (Lipinski definition) is 4. The van der Waals surface area contributed by atoms with Crippen LogP contribution in [0.4, 0.5) is 5.69 Å². The van der Waals surface area contributed by atoms with Gasteiger partial charge in [0.05, 0.1) is 5.69 Å². The van der Waals surface area contributed by atoms with Crippen LogP contribution >= 0.6 is 12.6 Å². The van der Waals surface area contributed by atoms with Crippen LogP contribution in [0.3, 0.4) is 0 Å². The summed E-state index contributed by atoms with van der Waals surface area (Å²) in [6, 6.07) is 14.0. The number of nitrogens with two attached hydrogens (primary N) is 1. The molecule has 2 aromatic rings. The van der Waals surface area contributed by atoms with E-state index in [9.17, 15) is 5.11 Å². The highest BCUT2D eigenvalue weighted by molar-refractivity contribution is 7.80. The van der Waals surface area contributed by atoms with E-state index in [4.69, 9.17) is 5.73 Å². The van der Waals surface area contributed by atoms with Crippen molar-refractivity contribution in [3.05, 3.63) is 59.2 Å². The number of nitrogens with zero attached hydrogens (tertiary/aromatic N) is 1. The Hall–Kier alpha value is -1.82. The van der Waals surface area contributed by atoms with E-state index in [1.54, 1.807) is 0 Å². The summed E-state index contributed by atoms with van der Waals surface area (Å²) in [6.45, 7) is 1.11. The van der Waals surface area contributed by atoms with Crippen LogP contribution in [0.5, 0.6) is 0 Å². The van der Waals surface area contributed by atoms with E-state index in [0.717, 1.165) is 29.1 Å². The van der Waals surface area contributed by atoms with Gasteiger partial charge in [-0.05, 0) is 48.7 Å². The van der Waals surface area contributed by atoms with Gasteiger partial charge in [0.2, 0.25) is 0 Å². The molecule has 0 spiro atoms. The van der Waals surface area contributed by atoms with Crippen LogP contribution in [0.2, 0.25) is 0 Å². The Labute approximate surface area is 141 Å². The Kier molecular flexibility index (Phi) is 5.00. The normalized spacial score (nSPS) is 17.8. The van der Waals surface area contributed by atoms with Crippen molar-refractivity contribution in [2.24, 2.45) is 10.7 Å². The van der Waals surface area contributed by atoms with E-state index < -0.39 is 0 Å². The van der Waals surface area contributed by atoms with Gasteiger partial charge in [0.25, 0.3) is 0 Å². The number of hydrogen-bond acceptors (Lipinski definition) is 4. The maximum Gasteiger partial charge on any atom is 0.132 e. The lowest BCUT2D eigenvalue weighted by Crippen LogP contribution is -2.30. The molecule has 0 saturated heterocycles. The smallest absolute Gasteiger partial charge is 0.132 e. The summed E-state index contributed by atoms with van der Waals surface area (Å²) in [6.07, 6.45) is 1.70. The zero-order valence-corrected chi connectivity index (χ0v) is 13.8. The topological polar surface area (TPSA) is 70.6 Å². The molecule has 120 valence electrons. The molecule has 0 radical (unpaired) electrons. The molecule has 0 amide bonds. The molecule has 1 aliphatic heterocycles. The van der Waals surface area contributed by atoms with E-state index in [2.05, 4.69) is 35.1 Å². The molecule has 23 heavy (non-hydrogen) atoms. The molecule has 0 aromatic heterocycles. The lowest BCUT2D eigenvalue weighted by atomic mass is 9.92. The molecule has 1 heterocycles. The first-order chi connectivity index (χ1) is 11.2. The van der Waals surface area contributed by atoms with Crippen molar-refractivity contribution >= 4 is 24.2 Å². The fourth-order valence-electron chi connectivity index (χ4n) is 2.97. The summed E-state index contributed by atoms with van der Waals surface area (Å²) in [5.41, 5.74) is 10.3. The third-order valence-corrected chi connectivity index (χ3v) is 4.53. The number of benzene rings is 2. The monoisotopic (exact) mass is 327 g/mol. The van der Waals surface area contributed by atoms with Crippen LogP contribution in [-0.2, 0) is 6.42 Å². The number of nitrogens with one attached hydrogen (secondary N) is 1. The largest absolute Gasteiger partial charge is 0.396 e. The number of rotatable bonds is 4. The van der Waals surface area contributed by atoms with Crippen molar-refractivity contribution in [1.82, 2.24) is 5.32 Å². The Morgan fingerprint density at radius 2 is 2.13 bits per heavy atom. The van der Waals surface area contributed by atoms with Crippen molar-refractivity contribution < 1.29 is 5.11 Å². The van der Waals surface area contributed by atoms with E-state index in [1.807, 2.05) is 30.3 Å². The highest BCUT2D eigenvalue weighted by Gasteiger charge is 2.19. The molecule has 2 aromatic carbocycles. The van der Waals surface area contributed by atoms with Gasteiger partial charge >= 0.3 is 0 Å². The van der Waals surface area contributed by atoms with Crippen LogP contribution in [0, 0.1) is 0 Å². The minimum Gasteiger partial charge on any atom is -0.396 e. The van der Waals surface area contributed by atoms with E-state index in [1.165, 1.54) is 11.1 Å². The van der Waals surface area contributed by atoms with Gasteiger partial charge in [0.1, 0.15) is 5.84 Å². The van der Waals surface area contributed by atoms with Gasteiger partial charge in [-0.1, -0.05) is 24.3 Å². The molecule has 0 saturated carbocycles. The summed E-state index contributed by atoms with van der Waals surface area (Å²) in [5, 5.41) is 12.7. The van der Waals surface area contributed by atoms with Gasteiger partial charge < -0.3 is 16.2 Å². The van der Waals surface area contributed by atoms with E-state index in [0.29, 0.717) is 12.3 Å². The third-order valence-electron chi connectivity index (χ3n) is 4.14. The van der Waals surface area contributed by atoms with Crippen molar-refractivity contribution in [3.63, 3.8) is 0 Å². The summed E-state index contributed by atoms with van der Waals surface area (Å²) >= 11 is 4.43. The second-order valence-corrected chi connectivity index (χ2v) is 6.15. The predicted molar refractivity (Wildman–Crippen MR) is 96.7 cm³/mol. The Bertz CT molecular complexity index is 730. The number of aliphatic hydroxyl groups is 1. The maximum atomic E-state index is 9.24. The van der Waals surface area contributed by atoms with Crippen LogP contribution in [0.1, 0.15) is 29.2 Å². The first-order valence-electron chi connectivity index (χ1n) is 7.78. The van der Waals surface area contributed by atoms with E-state index in [-0.39, 0.29) is 12.6 Å². The quantitative estimate of drug-likeness (QED) is 0.396. The van der Waals surface area contributed by atoms with Crippen molar-refractivity contribution in [2.45, 2.75) is 23.8 Å². The molecular formula is C18H21N3OS. The van der Waals surface area contributed by atoms with Gasteiger partial charge in [-0.25, -0.2) is 4.99 Å². The summed E-state index contributed by atoms with van der Waals surface area (Å²) in [7, 11) is 0. The zero-order valence-electron chi connectivity index (χ0n) is 12.9. The Balaban J connectivity index is 1.94. The van der Waals surface area contributed by atoms with Gasteiger partial charge in [0, 0.05) is 23.1 Å². The molecule has 0 fully saturated rings. The number of amidine groups is 1. The summed E-state index contributed by atoms with van der Waals surface area (Å²) in [4.78, 5) is 5.36. The SMILES string of the molecule is NC(=Nc1ccc2c(c1)C(CCO)NCC2)c1ccccc1S. The highest BCUT2D eigenvalue weighted by Crippen LogP contribution is 2.29. The lowest BCUT2D eigenvalue weighted by Gasteiger charge is -2.26. The lowest BCUT2D eigenvalue weighted by molar-refractivity contribution is 0.263.